The van der Waals surface area contributed by atoms with Crippen molar-refractivity contribution >= 4 is 34.6 Å². The summed E-state index contributed by atoms with van der Waals surface area (Å²) in [6, 6.07) is 8.72. The van der Waals surface area contributed by atoms with E-state index in [-0.39, 0.29) is 15.7 Å². The molecule has 0 bridgehead atoms. The number of anilines is 1. The molecular weight excluding hydrogens is 306 g/mol. The minimum absolute atomic E-state index is 0.0473. The van der Waals surface area contributed by atoms with Crippen molar-refractivity contribution in [1.29, 1.82) is 0 Å². The first-order chi connectivity index (χ1) is 9.47. The van der Waals surface area contributed by atoms with Crippen LogP contribution in [0, 0.1) is 15.9 Å². The van der Waals surface area contributed by atoms with E-state index >= 15 is 0 Å². The van der Waals surface area contributed by atoms with Crippen LogP contribution in [-0.2, 0) is 6.54 Å². The van der Waals surface area contributed by atoms with Crippen molar-refractivity contribution in [2.24, 2.45) is 0 Å². The van der Waals surface area contributed by atoms with Gasteiger partial charge in [0.2, 0.25) is 0 Å². The number of hydrogen-bond donors (Lipinski definition) is 1. The Balaban J connectivity index is 2.09. The molecule has 0 aliphatic rings. The van der Waals surface area contributed by atoms with Gasteiger partial charge in [-0.3, -0.25) is 10.1 Å². The van der Waals surface area contributed by atoms with Crippen LogP contribution in [0.15, 0.2) is 36.4 Å². The Morgan fingerprint density at radius 3 is 2.50 bits per heavy atom. The standard InChI is InChI=1S/C13H9Cl2FN2O2/c14-10-5-8(1-3-12(10)16)7-17-9-2-4-13(18(19)20)11(15)6-9/h1-6,17H,7H2. The van der Waals surface area contributed by atoms with Crippen LogP contribution < -0.4 is 5.32 Å². The van der Waals surface area contributed by atoms with Crippen molar-refractivity contribution in [2.45, 2.75) is 6.54 Å². The van der Waals surface area contributed by atoms with Gasteiger partial charge in [-0.1, -0.05) is 29.3 Å². The quantitative estimate of drug-likeness (QED) is 0.660. The summed E-state index contributed by atoms with van der Waals surface area (Å²) >= 11 is 11.5. The Hall–Kier alpha value is -1.85. The van der Waals surface area contributed by atoms with E-state index in [4.69, 9.17) is 23.2 Å². The fourth-order valence-corrected chi connectivity index (χ4v) is 2.07. The topological polar surface area (TPSA) is 55.2 Å². The summed E-state index contributed by atoms with van der Waals surface area (Å²) in [7, 11) is 0. The Morgan fingerprint density at radius 2 is 1.90 bits per heavy atom. The summed E-state index contributed by atoms with van der Waals surface area (Å²) in [5, 5.41) is 13.8. The second-order valence-electron chi connectivity index (χ2n) is 4.03. The molecule has 20 heavy (non-hydrogen) atoms. The third-order valence-corrected chi connectivity index (χ3v) is 3.22. The number of benzene rings is 2. The fraction of sp³-hybridized carbons (Fsp3) is 0.0769. The van der Waals surface area contributed by atoms with E-state index in [0.717, 1.165) is 5.56 Å². The minimum atomic E-state index is -0.550. The molecule has 0 radical (unpaired) electrons. The highest BCUT2D eigenvalue weighted by Gasteiger charge is 2.11. The van der Waals surface area contributed by atoms with Crippen molar-refractivity contribution < 1.29 is 9.31 Å². The molecule has 0 fully saturated rings. The second kappa shape index (κ2) is 6.07. The summed E-state index contributed by atoms with van der Waals surface area (Å²) in [6.07, 6.45) is 0. The minimum Gasteiger partial charge on any atom is -0.381 e. The van der Waals surface area contributed by atoms with Crippen LogP contribution in [0.4, 0.5) is 15.8 Å². The number of nitro groups is 1. The van der Waals surface area contributed by atoms with Gasteiger partial charge in [0.25, 0.3) is 5.69 Å². The van der Waals surface area contributed by atoms with Crippen LogP contribution in [0.2, 0.25) is 10.0 Å². The number of nitrogens with zero attached hydrogens (tertiary/aromatic N) is 1. The van der Waals surface area contributed by atoms with Crippen molar-refractivity contribution in [2.75, 3.05) is 5.32 Å². The van der Waals surface area contributed by atoms with Gasteiger partial charge in [0.15, 0.2) is 0 Å². The van der Waals surface area contributed by atoms with Gasteiger partial charge in [-0.2, -0.15) is 0 Å². The number of nitrogens with one attached hydrogen (secondary N) is 1. The summed E-state index contributed by atoms with van der Waals surface area (Å²) in [6.45, 7) is 0.397. The molecule has 0 aliphatic heterocycles. The van der Waals surface area contributed by atoms with E-state index < -0.39 is 10.7 Å². The summed E-state index contributed by atoms with van der Waals surface area (Å²) < 4.78 is 13.0. The maximum Gasteiger partial charge on any atom is 0.288 e. The molecule has 2 aromatic carbocycles. The molecule has 4 nitrogen and oxygen atoms in total. The molecule has 0 amide bonds. The number of nitro benzene ring substituents is 1. The molecular formula is C13H9Cl2FN2O2. The van der Waals surface area contributed by atoms with Crippen molar-refractivity contribution in [3.63, 3.8) is 0 Å². The lowest BCUT2D eigenvalue weighted by molar-refractivity contribution is -0.384. The van der Waals surface area contributed by atoms with Gasteiger partial charge >= 0.3 is 0 Å². The van der Waals surface area contributed by atoms with Crippen LogP contribution in [-0.4, -0.2) is 4.92 Å². The average Bonchev–Trinajstić information content (AvgIpc) is 2.40. The maximum absolute atomic E-state index is 13.0. The lowest BCUT2D eigenvalue weighted by Gasteiger charge is -2.07. The molecule has 2 rings (SSSR count). The molecule has 0 aromatic heterocycles. The maximum atomic E-state index is 13.0. The Bertz CT molecular complexity index is 665. The Morgan fingerprint density at radius 1 is 1.15 bits per heavy atom. The largest absolute Gasteiger partial charge is 0.381 e. The molecule has 0 heterocycles. The second-order valence-corrected chi connectivity index (χ2v) is 4.84. The highest BCUT2D eigenvalue weighted by molar-refractivity contribution is 6.33. The van der Waals surface area contributed by atoms with Crippen molar-refractivity contribution in [1.82, 2.24) is 0 Å². The van der Waals surface area contributed by atoms with Crippen molar-refractivity contribution in [3.05, 3.63) is 67.9 Å². The monoisotopic (exact) mass is 314 g/mol. The highest BCUT2D eigenvalue weighted by atomic mass is 35.5. The Labute approximate surface area is 124 Å². The smallest absolute Gasteiger partial charge is 0.288 e. The van der Waals surface area contributed by atoms with Gasteiger partial charge in [-0.15, -0.1) is 0 Å². The van der Waals surface area contributed by atoms with E-state index in [9.17, 15) is 14.5 Å². The summed E-state index contributed by atoms with van der Waals surface area (Å²) in [4.78, 5) is 10.1. The third-order valence-electron chi connectivity index (χ3n) is 2.63. The van der Waals surface area contributed by atoms with Gasteiger partial charge < -0.3 is 5.32 Å². The van der Waals surface area contributed by atoms with Gasteiger partial charge in [-0.05, 0) is 29.8 Å². The van der Waals surface area contributed by atoms with Crippen LogP contribution in [0.1, 0.15) is 5.56 Å². The normalized spacial score (nSPS) is 10.3. The predicted molar refractivity (Wildman–Crippen MR) is 76.8 cm³/mol. The molecule has 7 heteroatoms. The molecule has 0 saturated carbocycles. The zero-order valence-corrected chi connectivity index (χ0v) is 11.6. The van der Waals surface area contributed by atoms with E-state index in [1.807, 2.05) is 0 Å². The fourth-order valence-electron chi connectivity index (χ4n) is 1.62. The zero-order valence-electron chi connectivity index (χ0n) is 10.1. The molecule has 0 atom stereocenters. The van der Waals surface area contributed by atoms with Gasteiger partial charge in [-0.25, -0.2) is 4.39 Å². The van der Waals surface area contributed by atoms with Gasteiger partial charge in [0, 0.05) is 18.3 Å². The van der Waals surface area contributed by atoms with Crippen LogP contribution in [0.3, 0.4) is 0 Å². The number of halogens is 3. The first-order valence-corrected chi connectivity index (χ1v) is 6.34. The van der Waals surface area contributed by atoms with Crippen LogP contribution >= 0.6 is 23.2 Å². The third kappa shape index (κ3) is 3.37. The number of rotatable bonds is 4. The summed E-state index contributed by atoms with van der Waals surface area (Å²) in [5.41, 5.74) is 1.26. The van der Waals surface area contributed by atoms with Gasteiger partial charge in [0.05, 0.1) is 9.95 Å². The molecule has 1 N–H and O–H groups in total. The lowest BCUT2D eigenvalue weighted by atomic mass is 10.2. The van der Waals surface area contributed by atoms with Crippen LogP contribution in [0.5, 0.6) is 0 Å². The first-order valence-electron chi connectivity index (χ1n) is 5.59. The molecule has 104 valence electrons. The molecule has 0 spiro atoms. The average molecular weight is 315 g/mol. The van der Waals surface area contributed by atoms with E-state index in [1.165, 1.54) is 24.3 Å². The zero-order chi connectivity index (χ0) is 14.7. The molecule has 0 aliphatic carbocycles. The Kier molecular flexibility index (Phi) is 4.42. The SMILES string of the molecule is O=[N+]([O-])c1ccc(NCc2ccc(F)c(Cl)c2)cc1Cl. The first kappa shape index (κ1) is 14.6. The molecule has 0 unspecified atom stereocenters. The lowest BCUT2D eigenvalue weighted by Crippen LogP contribution is -2.00. The van der Waals surface area contributed by atoms with E-state index in [0.29, 0.717) is 12.2 Å². The van der Waals surface area contributed by atoms with E-state index in [1.54, 1.807) is 12.1 Å². The number of hydrogen-bond acceptors (Lipinski definition) is 3. The molecule has 2 aromatic rings. The van der Waals surface area contributed by atoms with Crippen molar-refractivity contribution in [3.8, 4) is 0 Å². The predicted octanol–water partition coefficient (Wildman–Crippen LogP) is 4.65. The highest BCUT2D eigenvalue weighted by Crippen LogP contribution is 2.27. The van der Waals surface area contributed by atoms with Gasteiger partial charge in [0.1, 0.15) is 10.8 Å². The molecule has 0 saturated heterocycles. The van der Waals surface area contributed by atoms with E-state index in [2.05, 4.69) is 5.32 Å². The summed E-state index contributed by atoms with van der Waals surface area (Å²) in [5.74, 6) is -0.478. The van der Waals surface area contributed by atoms with Crippen LogP contribution in [0.25, 0.3) is 0 Å².